The molecule has 0 N–H and O–H groups in total. The molecule has 0 rings (SSSR count). The smallest absolute Gasteiger partial charge is 0.306 e. The van der Waals surface area contributed by atoms with Crippen LogP contribution in [0.15, 0.2) is 85.1 Å². The van der Waals surface area contributed by atoms with Gasteiger partial charge >= 0.3 is 17.9 Å². The van der Waals surface area contributed by atoms with Gasteiger partial charge in [-0.25, -0.2) is 0 Å². The Bertz CT molecular complexity index is 1270. The number of unbranched alkanes of at least 4 members (excludes halogenated alkanes) is 23. The van der Waals surface area contributed by atoms with Crippen LogP contribution in [-0.2, 0) is 28.6 Å². The molecular weight excluding hydrogens is 805 g/mol. The summed E-state index contributed by atoms with van der Waals surface area (Å²) in [7, 11) is 0. The van der Waals surface area contributed by atoms with Crippen LogP contribution in [0.2, 0.25) is 0 Å². The first-order valence-corrected chi connectivity index (χ1v) is 27.1. The fraction of sp³-hybridized carbons (Fsp3) is 0.712. The number of ether oxygens (including phenoxy) is 3. The summed E-state index contributed by atoms with van der Waals surface area (Å²) in [6, 6.07) is 0. The summed E-state index contributed by atoms with van der Waals surface area (Å²) in [4.78, 5) is 38.0. The molecule has 0 aliphatic heterocycles. The average molecular weight is 905 g/mol. The quantitative estimate of drug-likeness (QED) is 0.0262. The largest absolute Gasteiger partial charge is 0.462 e. The van der Waals surface area contributed by atoms with Gasteiger partial charge < -0.3 is 14.2 Å². The Morgan fingerprint density at radius 2 is 0.585 bits per heavy atom. The summed E-state index contributed by atoms with van der Waals surface area (Å²) in [5.74, 6) is -1.00. The molecule has 0 aromatic rings. The fourth-order valence-corrected chi connectivity index (χ4v) is 7.24. The topological polar surface area (TPSA) is 78.9 Å². The minimum Gasteiger partial charge on any atom is -0.462 e. The fourth-order valence-electron chi connectivity index (χ4n) is 7.24. The zero-order chi connectivity index (χ0) is 47.2. The molecule has 0 radical (unpaired) electrons. The first kappa shape index (κ1) is 61.6. The molecule has 0 spiro atoms. The molecule has 0 saturated heterocycles. The number of carbonyl (C=O) groups is 3. The molecular formula is C59H100O6. The second-order valence-electron chi connectivity index (χ2n) is 17.8. The van der Waals surface area contributed by atoms with Gasteiger partial charge in [0.1, 0.15) is 13.2 Å². The molecule has 0 unspecified atom stereocenters. The van der Waals surface area contributed by atoms with E-state index in [4.69, 9.17) is 14.2 Å². The van der Waals surface area contributed by atoms with Crippen molar-refractivity contribution in [1.82, 2.24) is 0 Å². The van der Waals surface area contributed by atoms with Crippen molar-refractivity contribution in [1.29, 1.82) is 0 Å². The summed E-state index contributed by atoms with van der Waals surface area (Å²) in [5, 5.41) is 0. The number of rotatable bonds is 48. The predicted octanol–water partition coefficient (Wildman–Crippen LogP) is 18.0. The maximum Gasteiger partial charge on any atom is 0.306 e. The molecule has 1 atom stereocenters. The lowest BCUT2D eigenvalue weighted by molar-refractivity contribution is -0.166. The summed E-state index contributed by atoms with van der Waals surface area (Å²) < 4.78 is 16.7. The zero-order valence-corrected chi connectivity index (χ0v) is 42.5. The van der Waals surface area contributed by atoms with Crippen molar-refractivity contribution in [3.05, 3.63) is 85.1 Å². The molecule has 0 amide bonds. The Morgan fingerprint density at radius 1 is 0.308 bits per heavy atom. The van der Waals surface area contributed by atoms with E-state index in [1.54, 1.807) is 0 Å². The summed E-state index contributed by atoms with van der Waals surface area (Å²) in [6.45, 7) is 6.51. The third-order valence-corrected chi connectivity index (χ3v) is 11.4. The highest BCUT2D eigenvalue weighted by molar-refractivity contribution is 5.71. The second kappa shape index (κ2) is 53.2. The Morgan fingerprint density at radius 3 is 1.00 bits per heavy atom. The molecule has 0 aliphatic rings. The third-order valence-electron chi connectivity index (χ3n) is 11.4. The molecule has 6 nitrogen and oxygen atoms in total. The maximum absolute atomic E-state index is 12.8. The van der Waals surface area contributed by atoms with E-state index < -0.39 is 6.10 Å². The first-order valence-electron chi connectivity index (χ1n) is 27.1. The van der Waals surface area contributed by atoms with Crippen molar-refractivity contribution < 1.29 is 28.6 Å². The summed E-state index contributed by atoms with van der Waals surface area (Å²) >= 11 is 0. The molecule has 65 heavy (non-hydrogen) atoms. The first-order chi connectivity index (χ1) is 32.0. The van der Waals surface area contributed by atoms with Crippen LogP contribution >= 0.6 is 0 Å². The van der Waals surface area contributed by atoms with Crippen molar-refractivity contribution in [3.63, 3.8) is 0 Å². The van der Waals surface area contributed by atoms with Gasteiger partial charge in [0.05, 0.1) is 0 Å². The van der Waals surface area contributed by atoms with Gasteiger partial charge in [0.2, 0.25) is 0 Å². The number of hydrogen-bond donors (Lipinski definition) is 0. The molecule has 0 saturated carbocycles. The van der Waals surface area contributed by atoms with Crippen LogP contribution in [0.25, 0.3) is 0 Å². The maximum atomic E-state index is 12.8. The van der Waals surface area contributed by atoms with Crippen LogP contribution in [0.4, 0.5) is 0 Å². The molecule has 6 heteroatoms. The highest BCUT2D eigenvalue weighted by Crippen LogP contribution is 2.14. The van der Waals surface area contributed by atoms with Gasteiger partial charge in [-0.1, -0.05) is 209 Å². The minimum absolute atomic E-state index is 0.105. The summed E-state index contributed by atoms with van der Waals surface area (Å²) in [5.41, 5.74) is 0. The molecule has 0 aromatic carbocycles. The Balaban J connectivity index is 4.51. The van der Waals surface area contributed by atoms with Crippen molar-refractivity contribution in [3.8, 4) is 0 Å². The Labute approximate surface area is 401 Å². The van der Waals surface area contributed by atoms with Crippen LogP contribution in [0.3, 0.4) is 0 Å². The van der Waals surface area contributed by atoms with Gasteiger partial charge in [0.25, 0.3) is 0 Å². The molecule has 0 bridgehead atoms. The van der Waals surface area contributed by atoms with Gasteiger partial charge in [-0.15, -0.1) is 0 Å². The monoisotopic (exact) mass is 905 g/mol. The number of allylic oxidation sites excluding steroid dienone is 14. The van der Waals surface area contributed by atoms with Crippen LogP contribution < -0.4 is 0 Å². The van der Waals surface area contributed by atoms with E-state index in [1.165, 1.54) is 128 Å². The lowest BCUT2D eigenvalue weighted by Gasteiger charge is -2.18. The van der Waals surface area contributed by atoms with Gasteiger partial charge in [0.15, 0.2) is 6.10 Å². The highest BCUT2D eigenvalue weighted by Gasteiger charge is 2.19. The van der Waals surface area contributed by atoms with Crippen molar-refractivity contribution in [2.75, 3.05) is 13.2 Å². The van der Waals surface area contributed by atoms with Crippen LogP contribution in [0.5, 0.6) is 0 Å². The SMILES string of the molecule is CCCCC/C=C\C/C=C\C/C=C\C/C=C\C/C=C\CCC(=O)OC[C@H](COC(=O)CCCCCCC/C=C\CCCCCC)OC(=O)CCCCCCCCC/C=C\CCCCCC. The highest BCUT2D eigenvalue weighted by atomic mass is 16.6. The lowest BCUT2D eigenvalue weighted by atomic mass is 10.1. The van der Waals surface area contributed by atoms with Crippen molar-refractivity contribution >= 4 is 17.9 Å². The summed E-state index contributed by atoms with van der Waals surface area (Å²) in [6.07, 6.45) is 68.6. The van der Waals surface area contributed by atoms with Gasteiger partial charge in [-0.2, -0.15) is 0 Å². The van der Waals surface area contributed by atoms with E-state index in [1.807, 2.05) is 6.08 Å². The Kier molecular flexibility index (Phi) is 50.4. The Hall–Kier alpha value is -3.41. The van der Waals surface area contributed by atoms with E-state index in [0.29, 0.717) is 19.3 Å². The van der Waals surface area contributed by atoms with Gasteiger partial charge in [-0.05, 0) is 109 Å². The predicted molar refractivity (Wildman–Crippen MR) is 279 cm³/mol. The zero-order valence-electron chi connectivity index (χ0n) is 42.5. The van der Waals surface area contributed by atoms with E-state index in [0.717, 1.165) is 77.0 Å². The van der Waals surface area contributed by atoms with Crippen LogP contribution in [0.1, 0.15) is 252 Å². The lowest BCUT2D eigenvalue weighted by Crippen LogP contribution is -2.30. The van der Waals surface area contributed by atoms with Crippen molar-refractivity contribution in [2.45, 2.75) is 258 Å². The average Bonchev–Trinajstić information content (AvgIpc) is 3.30. The standard InChI is InChI=1S/C59H100O6/c1-4-7-10-13-16-19-22-25-27-28-29-30-32-34-37-40-43-46-49-52-58(61)64-55-56(54-63-57(60)51-48-45-42-39-36-33-24-21-18-15-12-9-6-3)65-59(62)53-50-47-44-41-38-35-31-26-23-20-17-14-11-8-5-2/h16,19-21,23-25,27,29-30,34,37,43,46,56H,4-15,17-18,22,26,28,31-33,35-36,38-42,44-45,47-55H2,1-3H3/b19-16-,23-20-,24-21-,27-25-,30-29-,37-34-,46-43-/t56-/m0/s1. The minimum atomic E-state index is -0.812. The van der Waals surface area contributed by atoms with E-state index in [9.17, 15) is 14.4 Å². The van der Waals surface area contributed by atoms with Gasteiger partial charge in [0, 0.05) is 19.3 Å². The van der Waals surface area contributed by atoms with Gasteiger partial charge in [-0.3, -0.25) is 14.4 Å². The molecule has 0 aliphatic carbocycles. The van der Waals surface area contributed by atoms with E-state index in [-0.39, 0.29) is 37.5 Å². The molecule has 0 fully saturated rings. The molecule has 0 heterocycles. The number of esters is 3. The second-order valence-corrected chi connectivity index (χ2v) is 17.8. The van der Waals surface area contributed by atoms with E-state index >= 15 is 0 Å². The molecule has 0 aromatic heterocycles. The van der Waals surface area contributed by atoms with Crippen LogP contribution in [0, 0.1) is 0 Å². The van der Waals surface area contributed by atoms with Crippen molar-refractivity contribution in [2.24, 2.45) is 0 Å². The van der Waals surface area contributed by atoms with Crippen LogP contribution in [-0.4, -0.2) is 37.2 Å². The number of carbonyl (C=O) groups excluding carboxylic acids is 3. The number of hydrogen-bond acceptors (Lipinski definition) is 6. The molecule has 372 valence electrons. The third kappa shape index (κ3) is 51.4. The van der Waals surface area contributed by atoms with E-state index in [2.05, 4.69) is 99.8 Å². The normalized spacial score (nSPS) is 12.7.